The lowest BCUT2D eigenvalue weighted by Gasteiger charge is -2.11. The second-order valence-electron chi connectivity index (χ2n) is 12.4. The van der Waals surface area contributed by atoms with Gasteiger partial charge >= 0.3 is 0 Å². The van der Waals surface area contributed by atoms with E-state index < -0.39 is 12.1 Å². The van der Waals surface area contributed by atoms with Gasteiger partial charge in [-0.3, -0.25) is 0 Å². The molecular formula is C48H31NO. The van der Waals surface area contributed by atoms with Crippen LogP contribution in [-0.4, -0.2) is 4.57 Å². The quantitative estimate of drug-likeness (QED) is 0.182. The van der Waals surface area contributed by atoms with Crippen molar-refractivity contribution in [3.05, 3.63) is 188 Å². The zero-order valence-corrected chi connectivity index (χ0v) is 26.7. The van der Waals surface area contributed by atoms with E-state index in [4.69, 9.17) is 9.90 Å². The minimum atomic E-state index is -0.420. The van der Waals surface area contributed by atoms with Gasteiger partial charge in [0.25, 0.3) is 0 Å². The summed E-state index contributed by atoms with van der Waals surface area (Å²) in [6.07, 6.45) is 0. The van der Waals surface area contributed by atoms with Gasteiger partial charge in [0.2, 0.25) is 0 Å². The summed E-state index contributed by atoms with van der Waals surface area (Å²) >= 11 is 0. The third kappa shape index (κ3) is 4.73. The van der Waals surface area contributed by atoms with Crippen LogP contribution in [0.1, 0.15) is 9.60 Å². The Morgan fingerprint density at radius 3 is 1.78 bits per heavy atom. The number of nitrogens with zero attached hydrogens (tertiary/aromatic N) is 1. The lowest BCUT2D eigenvalue weighted by molar-refractivity contribution is 0.669. The first kappa shape index (κ1) is 22.1. The Morgan fingerprint density at radius 1 is 0.380 bits per heavy atom. The third-order valence-corrected chi connectivity index (χ3v) is 9.47. The molecule has 2 heteroatoms. The average Bonchev–Trinajstić information content (AvgIpc) is 3.82. The average molecular weight is 645 g/mol. The Bertz CT molecular complexity index is 3240. The van der Waals surface area contributed by atoms with Crippen LogP contribution >= 0.6 is 0 Å². The number of hydrogen-bond donors (Lipinski definition) is 0. The summed E-state index contributed by atoms with van der Waals surface area (Å²) in [6.45, 7) is 0. The number of para-hydroxylation sites is 2. The van der Waals surface area contributed by atoms with Gasteiger partial charge in [-0.05, 0) is 99.0 Å². The van der Waals surface area contributed by atoms with Crippen LogP contribution in [0.5, 0.6) is 0 Å². The van der Waals surface area contributed by atoms with Gasteiger partial charge in [-0.15, -0.1) is 0 Å². The van der Waals surface area contributed by atoms with E-state index >= 15 is 0 Å². The Morgan fingerprint density at radius 2 is 0.960 bits per heavy atom. The maximum Gasteiger partial charge on any atom is 0.135 e. The summed E-state index contributed by atoms with van der Waals surface area (Å²) in [6, 6.07) is 45.6. The summed E-state index contributed by atoms with van der Waals surface area (Å²) < 4.78 is 71.0. The van der Waals surface area contributed by atoms with Crippen LogP contribution in [-0.2, 0) is 0 Å². The number of furan rings is 1. The van der Waals surface area contributed by atoms with E-state index in [1.165, 1.54) is 0 Å². The smallest absolute Gasteiger partial charge is 0.135 e. The summed E-state index contributed by atoms with van der Waals surface area (Å²) in [5.74, 6) is 0. The molecule has 0 saturated heterocycles. The Balaban J connectivity index is 1.09. The highest BCUT2D eigenvalue weighted by Gasteiger charge is 2.14. The van der Waals surface area contributed by atoms with Crippen molar-refractivity contribution in [2.24, 2.45) is 0 Å². The van der Waals surface area contributed by atoms with Crippen LogP contribution in [0.15, 0.2) is 192 Å². The number of hydrogen-bond acceptors (Lipinski definition) is 1. The van der Waals surface area contributed by atoms with E-state index in [1.807, 2.05) is 103 Å². The molecular weight excluding hydrogens is 607 g/mol. The van der Waals surface area contributed by atoms with Crippen molar-refractivity contribution in [1.82, 2.24) is 4.57 Å². The van der Waals surface area contributed by atoms with Gasteiger partial charge in [-0.2, -0.15) is 0 Å². The van der Waals surface area contributed by atoms with E-state index in [1.54, 1.807) is 4.57 Å². The SMILES string of the molecule is [2H]c1c([2H])c([2H])c2c(c1[2H])c1c([2H])c(-c3cccc(-c4ccccc4)c3)c([2H])c([2H])c1n2-c1ccc(-c2ccc(-c3ccc4oc5ccccc5c4c3)cc2)cc1. The zero-order chi connectivity index (χ0) is 39.1. The molecule has 0 radical (unpaired) electrons. The molecule has 0 bridgehead atoms. The maximum absolute atomic E-state index is 9.56. The highest BCUT2D eigenvalue weighted by Crippen LogP contribution is 2.37. The summed E-state index contributed by atoms with van der Waals surface area (Å²) in [4.78, 5) is 0. The summed E-state index contributed by atoms with van der Waals surface area (Å²) in [5, 5.41) is 2.50. The molecule has 0 saturated carbocycles. The summed E-state index contributed by atoms with van der Waals surface area (Å²) in [7, 11) is 0. The topological polar surface area (TPSA) is 18.1 Å². The molecule has 2 heterocycles. The first-order chi connectivity index (χ1) is 27.7. The molecule has 2 aromatic heterocycles. The number of rotatable bonds is 5. The van der Waals surface area contributed by atoms with Gasteiger partial charge in [-0.1, -0.05) is 133 Å². The fourth-order valence-electron chi connectivity index (χ4n) is 6.97. The van der Waals surface area contributed by atoms with E-state index in [2.05, 4.69) is 42.5 Å². The minimum Gasteiger partial charge on any atom is -0.456 e. The predicted molar refractivity (Wildman–Crippen MR) is 210 cm³/mol. The molecule has 10 rings (SSSR count). The fraction of sp³-hybridized carbons (Fsp3) is 0. The van der Waals surface area contributed by atoms with Gasteiger partial charge in [0.15, 0.2) is 0 Å². The van der Waals surface area contributed by atoms with Gasteiger partial charge in [0.05, 0.1) is 20.6 Å². The molecule has 0 N–H and O–H groups in total. The van der Waals surface area contributed by atoms with Gasteiger partial charge < -0.3 is 8.98 Å². The van der Waals surface area contributed by atoms with Crippen LogP contribution in [0, 0.1) is 0 Å². The van der Waals surface area contributed by atoms with Gasteiger partial charge in [-0.25, -0.2) is 0 Å². The number of fused-ring (bicyclic) bond motifs is 6. The van der Waals surface area contributed by atoms with Crippen LogP contribution in [0.4, 0.5) is 0 Å². The predicted octanol–water partition coefficient (Wildman–Crippen LogP) is 13.4. The lowest BCUT2D eigenvalue weighted by atomic mass is 9.98. The second kappa shape index (κ2) is 11.5. The molecule has 0 aliphatic carbocycles. The molecule has 0 aliphatic rings. The van der Waals surface area contributed by atoms with Crippen LogP contribution in [0.3, 0.4) is 0 Å². The first-order valence-electron chi connectivity index (χ1n) is 20.0. The van der Waals surface area contributed by atoms with Crippen molar-refractivity contribution in [2.75, 3.05) is 0 Å². The van der Waals surface area contributed by atoms with E-state index in [0.717, 1.165) is 55.3 Å². The molecule has 234 valence electrons. The van der Waals surface area contributed by atoms with Crippen LogP contribution < -0.4 is 0 Å². The van der Waals surface area contributed by atoms with Gasteiger partial charge in [0, 0.05) is 27.2 Å². The molecule has 0 spiro atoms. The lowest BCUT2D eigenvalue weighted by Crippen LogP contribution is -1.93. The van der Waals surface area contributed by atoms with Gasteiger partial charge in [0.1, 0.15) is 11.2 Å². The Hall–Kier alpha value is -6.64. The molecule has 8 aromatic carbocycles. The zero-order valence-electron chi connectivity index (χ0n) is 33.7. The van der Waals surface area contributed by atoms with Crippen LogP contribution in [0.25, 0.3) is 93.9 Å². The minimum absolute atomic E-state index is 0.0678. The summed E-state index contributed by atoms with van der Waals surface area (Å²) in [5.41, 5.74) is 9.32. The van der Waals surface area contributed by atoms with Crippen molar-refractivity contribution < 1.29 is 14.0 Å². The second-order valence-corrected chi connectivity index (χ2v) is 12.4. The Kier molecular flexibility index (Phi) is 5.08. The van der Waals surface area contributed by atoms with Crippen molar-refractivity contribution in [2.45, 2.75) is 0 Å². The molecule has 0 aliphatic heterocycles. The largest absolute Gasteiger partial charge is 0.456 e. The van der Waals surface area contributed by atoms with E-state index in [9.17, 15) is 4.11 Å². The molecule has 2 nitrogen and oxygen atoms in total. The van der Waals surface area contributed by atoms with Crippen LogP contribution in [0.2, 0.25) is 0 Å². The first-order valence-corrected chi connectivity index (χ1v) is 16.5. The van der Waals surface area contributed by atoms with Crippen molar-refractivity contribution in [1.29, 1.82) is 0 Å². The van der Waals surface area contributed by atoms with Crippen molar-refractivity contribution in [3.63, 3.8) is 0 Å². The molecule has 50 heavy (non-hydrogen) atoms. The third-order valence-electron chi connectivity index (χ3n) is 9.47. The Labute approximate surface area is 299 Å². The monoisotopic (exact) mass is 644 g/mol. The molecule has 0 fully saturated rings. The van der Waals surface area contributed by atoms with E-state index in [0.29, 0.717) is 11.3 Å². The molecule has 0 amide bonds. The molecule has 10 aromatic rings. The normalized spacial score (nSPS) is 13.6. The fourth-order valence-corrected chi connectivity index (χ4v) is 6.97. The number of benzene rings is 8. The molecule has 0 atom stereocenters. The molecule has 0 unspecified atom stereocenters. The van der Waals surface area contributed by atoms with Crippen molar-refractivity contribution >= 4 is 43.7 Å². The van der Waals surface area contributed by atoms with E-state index in [-0.39, 0.29) is 57.6 Å². The standard InChI is InChI=1S/C48H31NO/c1-2-9-32(10-3-1)36-11-8-12-37(29-36)39-23-27-46-43(30-39)41-13-4-6-15-45(41)49(46)40-25-21-34(22-26-40)33-17-19-35(20-18-33)38-24-28-48-44(31-38)42-14-5-7-16-47(42)50-48/h1-31H/i4D,6D,13D,15D,23D,27D,30D. The highest BCUT2D eigenvalue weighted by atomic mass is 16.3. The highest BCUT2D eigenvalue weighted by molar-refractivity contribution is 6.10. The maximum atomic E-state index is 9.56. The number of aromatic nitrogens is 1. The van der Waals surface area contributed by atoms with Crippen molar-refractivity contribution in [3.8, 4) is 50.2 Å².